The lowest BCUT2D eigenvalue weighted by molar-refractivity contribution is -0.893. The lowest BCUT2D eigenvalue weighted by Gasteiger charge is -2.20. The maximum absolute atomic E-state index is 11.9. The van der Waals surface area contributed by atoms with Crippen LogP contribution in [0.2, 0.25) is 0 Å². The van der Waals surface area contributed by atoms with E-state index in [9.17, 15) is 9.59 Å². The van der Waals surface area contributed by atoms with E-state index in [0.717, 1.165) is 31.6 Å². The molecule has 4 N–H and O–H groups in total. The number of unbranched alkanes of at least 4 members (excludes halogenated alkanes) is 1. The molecular weight excluding hydrogens is 328 g/mol. The number of imide groups is 1. The van der Waals surface area contributed by atoms with Crippen LogP contribution in [-0.2, 0) is 11.3 Å². The molecule has 0 radical (unpaired) electrons. The van der Waals surface area contributed by atoms with E-state index >= 15 is 0 Å². The number of hydrogen-bond acceptors (Lipinski definition) is 5. The van der Waals surface area contributed by atoms with Gasteiger partial charge in [0.25, 0.3) is 0 Å². The van der Waals surface area contributed by atoms with Gasteiger partial charge in [0.05, 0.1) is 19.3 Å². The van der Waals surface area contributed by atoms with Crippen LogP contribution in [0, 0.1) is 0 Å². The fraction of sp³-hybridized carbons (Fsp3) is 0.733. The molecule has 0 spiro atoms. The van der Waals surface area contributed by atoms with Gasteiger partial charge in [0, 0.05) is 13.0 Å². The number of rotatable bonds is 9. The molecule has 0 unspecified atom stereocenters. The van der Waals surface area contributed by atoms with Crippen molar-refractivity contribution in [3.8, 4) is 0 Å². The van der Waals surface area contributed by atoms with Gasteiger partial charge in [-0.05, 0) is 13.3 Å². The highest BCUT2D eigenvalue weighted by molar-refractivity contribution is 8.00. The lowest BCUT2D eigenvalue weighted by atomic mass is 10.2. The highest BCUT2D eigenvalue weighted by Crippen LogP contribution is 2.25. The van der Waals surface area contributed by atoms with E-state index in [2.05, 4.69) is 48.0 Å². The predicted octanol–water partition coefficient (Wildman–Crippen LogP) is 0.349. The number of nitrogens with one attached hydrogen (secondary N) is 2. The van der Waals surface area contributed by atoms with Gasteiger partial charge in [0.15, 0.2) is 11.0 Å². The van der Waals surface area contributed by atoms with Crippen molar-refractivity contribution < 1.29 is 14.5 Å². The van der Waals surface area contributed by atoms with E-state index < -0.39 is 17.2 Å². The van der Waals surface area contributed by atoms with E-state index in [0.29, 0.717) is 5.16 Å². The first kappa shape index (κ1) is 20.4. The van der Waals surface area contributed by atoms with Crippen molar-refractivity contribution in [3.63, 3.8) is 0 Å². The molecule has 0 saturated heterocycles. The molecule has 1 heterocycles. The van der Waals surface area contributed by atoms with Gasteiger partial charge < -0.3 is 15.2 Å². The third-order valence-electron chi connectivity index (χ3n) is 3.80. The molecule has 3 amide bonds. The number of nitrogens with zero attached hydrogens (tertiary/aromatic N) is 3. The van der Waals surface area contributed by atoms with Gasteiger partial charge in [-0.15, -0.1) is 10.2 Å². The second kappa shape index (κ2) is 9.63. The Hall–Kier alpha value is -1.61. The molecule has 24 heavy (non-hydrogen) atoms. The predicted molar refractivity (Wildman–Crippen MR) is 93.8 cm³/mol. The fourth-order valence-corrected chi connectivity index (χ4v) is 3.34. The van der Waals surface area contributed by atoms with Crippen LogP contribution in [0.5, 0.6) is 0 Å². The largest absolute Gasteiger partial charge is 0.351 e. The number of primary amides is 1. The van der Waals surface area contributed by atoms with Crippen LogP contribution in [0.4, 0.5) is 4.79 Å². The minimum atomic E-state index is -0.845. The number of urea groups is 1. The van der Waals surface area contributed by atoms with Crippen molar-refractivity contribution in [3.05, 3.63) is 5.82 Å². The Morgan fingerprint density at radius 1 is 1.33 bits per heavy atom. The van der Waals surface area contributed by atoms with Crippen molar-refractivity contribution in [1.82, 2.24) is 20.1 Å². The second-order valence-electron chi connectivity index (χ2n) is 6.00. The Kier molecular flexibility index (Phi) is 8.20. The number of carbonyl (C=O) groups excluding carboxylic acids is 2. The summed E-state index contributed by atoms with van der Waals surface area (Å²) >= 11 is 1.29. The Morgan fingerprint density at radius 2 is 2.00 bits per heavy atom. The molecule has 0 aromatic carbocycles. The lowest BCUT2D eigenvalue weighted by Crippen LogP contribution is -3.06. The van der Waals surface area contributed by atoms with Gasteiger partial charge in [-0.1, -0.05) is 32.0 Å². The summed E-state index contributed by atoms with van der Waals surface area (Å²) in [5, 5.41) is 11.0. The van der Waals surface area contributed by atoms with Crippen molar-refractivity contribution >= 4 is 23.7 Å². The van der Waals surface area contributed by atoms with E-state index in [1.165, 1.54) is 16.7 Å². The number of quaternary nitrogens is 1. The smallest absolute Gasteiger partial charge is 0.318 e. The summed E-state index contributed by atoms with van der Waals surface area (Å²) in [6, 6.07) is -0.596. The minimum absolute atomic E-state index is 0.249. The van der Waals surface area contributed by atoms with Gasteiger partial charge in [0.2, 0.25) is 5.91 Å². The SMILES string of the molecule is CCCCn1c(S[C@H](C)C(=O)NC(N)=O)nnc1[C@@H](CC)[NH+](C)C. The summed E-state index contributed by atoms with van der Waals surface area (Å²) < 4.78 is 2.10. The van der Waals surface area contributed by atoms with Gasteiger partial charge in [-0.3, -0.25) is 10.1 Å². The first-order valence-electron chi connectivity index (χ1n) is 8.31. The number of thioether (sulfide) groups is 1. The molecule has 0 fully saturated rings. The Balaban J connectivity index is 3.03. The average Bonchev–Trinajstić information content (AvgIpc) is 2.87. The average molecular weight is 358 g/mol. The van der Waals surface area contributed by atoms with Crippen molar-refractivity contribution in [2.45, 2.75) is 63.0 Å². The molecule has 0 bridgehead atoms. The van der Waals surface area contributed by atoms with Crippen molar-refractivity contribution in [1.29, 1.82) is 0 Å². The highest BCUT2D eigenvalue weighted by Gasteiger charge is 2.26. The topological polar surface area (TPSA) is 107 Å². The molecule has 1 rings (SSSR count). The molecule has 8 nitrogen and oxygen atoms in total. The molecule has 0 aliphatic heterocycles. The van der Waals surface area contributed by atoms with Gasteiger partial charge in [-0.2, -0.15) is 0 Å². The molecular formula is C15H29N6O2S+. The molecule has 136 valence electrons. The monoisotopic (exact) mass is 357 g/mol. The number of nitrogens with two attached hydrogens (primary N) is 1. The third kappa shape index (κ3) is 5.48. The first-order chi connectivity index (χ1) is 11.3. The molecule has 0 aliphatic rings. The van der Waals surface area contributed by atoms with Gasteiger partial charge >= 0.3 is 6.03 Å². The van der Waals surface area contributed by atoms with Crippen LogP contribution in [0.25, 0.3) is 0 Å². The number of carbonyl (C=O) groups is 2. The minimum Gasteiger partial charge on any atom is -0.351 e. The Bertz CT molecular complexity index is 560. The zero-order chi connectivity index (χ0) is 18.3. The molecule has 0 saturated carbocycles. The Labute approximate surface area is 147 Å². The van der Waals surface area contributed by atoms with Crippen LogP contribution in [0.3, 0.4) is 0 Å². The summed E-state index contributed by atoms with van der Waals surface area (Å²) in [6.45, 7) is 6.80. The van der Waals surface area contributed by atoms with Crippen molar-refractivity contribution in [2.24, 2.45) is 5.73 Å². The van der Waals surface area contributed by atoms with E-state index in [-0.39, 0.29) is 6.04 Å². The summed E-state index contributed by atoms with van der Waals surface area (Å²) in [4.78, 5) is 24.0. The maximum Gasteiger partial charge on any atom is 0.318 e. The number of amides is 3. The second-order valence-corrected chi connectivity index (χ2v) is 7.31. The zero-order valence-electron chi connectivity index (χ0n) is 15.1. The van der Waals surface area contributed by atoms with Crippen LogP contribution < -0.4 is 16.0 Å². The summed E-state index contributed by atoms with van der Waals surface area (Å²) in [5.41, 5.74) is 5.00. The van der Waals surface area contributed by atoms with Crippen LogP contribution in [0.15, 0.2) is 5.16 Å². The Morgan fingerprint density at radius 3 is 2.50 bits per heavy atom. The van der Waals surface area contributed by atoms with Crippen LogP contribution in [-0.4, -0.2) is 46.0 Å². The van der Waals surface area contributed by atoms with E-state index in [4.69, 9.17) is 5.73 Å². The van der Waals surface area contributed by atoms with E-state index in [1.54, 1.807) is 6.92 Å². The molecule has 2 atom stereocenters. The normalized spacial score (nSPS) is 13.8. The summed E-state index contributed by atoms with van der Waals surface area (Å²) in [6.07, 6.45) is 3.03. The number of hydrogen-bond donors (Lipinski definition) is 3. The van der Waals surface area contributed by atoms with Gasteiger partial charge in [0.1, 0.15) is 6.04 Å². The summed E-state index contributed by atoms with van der Waals surface area (Å²) in [5.74, 6) is 0.514. The first-order valence-corrected chi connectivity index (χ1v) is 9.19. The molecule has 9 heteroatoms. The molecule has 1 aromatic heterocycles. The highest BCUT2D eigenvalue weighted by atomic mass is 32.2. The molecule has 0 aliphatic carbocycles. The molecule has 1 aromatic rings. The summed E-state index contributed by atoms with van der Waals surface area (Å²) in [7, 11) is 4.20. The van der Waals surface area contributed by atoms with Crippen molar-refractivity contribution in [2.75, 3.05) is 14.1 Å². The maximum atomic E-state index is 11.9. The number of aromatic nitrogens is 3. The van der Waals surface area contributed by atoms with E-state index in [1.807, 2.05) is 0 Å². The van der Waals surface area contributed by atoms with Crippen LogP contribution >= 0.6 is 11.8 Å². The third-order valence-corrected chi connectivity index (χ3v) is 4.88. The fourth-order valence-electron chi connectivity index (χ4n) is 2.46. The standard InChI is InChI=1S/C15H28N6O2S/c1-6-8-9-21-12(11(7-2)20(4)5)18-19-15(21)24-10(3)13(22)17-14(16)23/h10-11H,6-9H2,1-5H3,(H3,16,17,22,23)/p+1/t10-,11-/m1/s1. The quantitative estimate of drug-likeness (QED) is 0.553. The van der Waals surface area contributed by atoms with Crippen LogP contribution in [0.1, 0.15) is 51.9 Å². The zero-order valence-corrected chi connectivity index (χ0v) is 15.9. The van der Waals surface area contributed by atoms with Gasteiger partial charge in [-0.25, -0.2) is 4.79 Å².